The van der Waals surface area contributed by atoms with E-state index in [1.807, 2.05) is 19.1 Å². The topological polar surface area (TPSA) is 85.4 Å². The molecule has 0 aliphatic rings. The van der Waals surface area contributed by atoms with E-state index < -0.39 is 0 Å². The monoisotopic (exact) mass is 398 g/mol. The Hall–Kier alpha value is -3.32. The largest absolute Gasteiger partial charge is 0.495 e. The normalized spacial score (nSPS) is 10.3. The zero-order valence-electron chi connectivity index (χ0n) is 15.6. The molecule has 0 amide bonds. The van der Waals surface area contributed by atoms with Gasteiger partial charge in [0, 0.05) is 23.1 Å². The first-order valence-electron chi connectivity index (χ1n) is 8.40. The Balaban J connectivity index is 1.77. The fourth-order valence-corrected chi connectivity index (χ4v) is 2.77. The predicted octanol–water partition coefficient (Wildman–Crippen LogP) is 4.72. The van der Waals surface area contributed by atoms with Gasteiger partial charge < -0.3 is 20.1 Å². The minimum Gasteiger partial charge on any atom is -0.495 e. The molecule has 0 aliphatic heterocycles. The highest BCUT2D eigenvalue weighted by molar-refractivity contribution is 6.32. The quantitative estimate of drug-likeness (QED) is 0.581. The molecule has 3 rings (SSSR count). The van der Waals surface area contributed by atoms with E-state index >= 15 is 0 Å². The van der Waals surface area contributed by atoms with Gasteiger partial charge in [0.2, 0.25) is 5.95 Å². The van der Waals surface area contributed by atoms with Crippen molar-refractivity contribution >= 4 is 40.7 Å². The maximum Gasteiger partial charge on any atom is 0.337 e. The molecule has 0 saturated heterocycles. The second-order valence-corrected chi connectivity index (χ2v) is 6.29. The van der Waals surface area contributed by atoms with E-state index in [2.05, 4.69) is 20.6 Å². The summed E-state index contributed by atoms with van der Waals surface area (Å²) in [6.45, 7) is 1.87. The summed E-state index contributed by atoms with van der Waals surface area (Å²) in [4.78, 5) is 20.4. The zero-order chi connectivity index (χ0) is 20.1. The van der Waals surface area contributed by atoms with Crippen molar-refractivity contribution in [1.29, 1.82) is 0 Å². The fourth-order valence-electron chi connectivity index (χ4n) is 2.52. The van der Waals surface area contributed by atoms with Crippen LogP contribution in [0.2, 0.25) is 5.02 Å². The molecule has 1 aromatic heterocycles. The summed E-state index contributed by atoms with van der Waals surface area (Å²) in [5.41, 5.74) is 2.78. The standard InChI is InChI=1S/C20H19ClN4O3/c1-12-10-18(23-14-6-4-13(5-7-14)19(26)28-3)25-20(22-12)24-15-8-9-17(27-2)16(21)11-15/h4-11H,1-3H3,(H2,22,23,24,25). The maximum absolute atomic E-state index is 11.5. The molecule has 0 fully saturated rings. The van der Waals surface area contributed by atoms with Crippen molar-refractivity contribution in [2.45, 2.75) is 6.92 Å². The molecule has 28 heavy (non-hydrogen) atoms. The number of nitrogens with zero attached hydrogens (tertiary/aromatic N) is 2. The Morgan fingerprint density at radius 3 is 2.32 bits per heavy atom. The minimum absolute atomic E-state index is 0.380. The summed E-state index contributed by atoms with van der Waals surface area (Å²) in [5.74, 6) is 1.25. The molecule has 144 valence electrons. The van der Waals surface area contributed by atoms with Crippen LogP contribution in [0.15, 0.2) is 48.5 Å². The average Bonchev–Trinajstić information content (AvgIpc) is 2.67. The summed E-state index contributed by atoms with van der Waals surface area (Å²) in [6.07, 6.45) is 0. The highest BCUT2D eigenvalue weighted by Gasteiger charge is 2.08. The number of rotatable bonds is 6. The van der Waals surface area contributed by atoms with Crippen LogP contribution in [0.1, 0.15) is 16.1 Å². The van der Waals surface area contributed by atoms with E-state index in [-0.39, 0.29) is 5.97 Å². The van der Waals surface area contributed by atoms with Crippen LogP contribution in [0.3, 0.4) is 0 Å². The Morgan fingerprint density at radius 2 is 1.68 bits per heavy atom. The van der Waals surface area contributed by atoms with Crippen molar-refractivity contribution in [3.8, 4) is 5.75 Å². The SMILES string of the molecule is COC(=O)c1ccc(Nc2cc(C)nc(Nc3ccc(OC)c(Cl)c3)n2)cc1. The molecule has 0 radical (unpaired) electrons. The van der Waals surface area contributed by atoms with Crippen molar-refractivity contribution in [1.82, 2.24) is 9.97 Å². The van der Waals surface area contributed by atoms with Gasteiger partial charge in [-0.3, -0.25) is 0 Å². The third kappa shape index (κ3) is 4.69. The van der Waals surface area contributed by atoms with Crippen LogP contribution in [-0.2, 0) is 4.74 Å². The lowest BCUT2D eigenvalue weighted by atomic mass is 10.2. The van der Waals surface area contributed by atoms with Crippen molar-refractivity contribution < 1.29 is 14.3 Å². The molecular weight excluding hydrogens is 380 g/mol. The summed E-state index contributed by atoms with van der Waals surface area (Å²) in [7, 11) is 2.91. The van der Waals surface area contributed by atoms with Crippen LogP contribution in [0, 0.1) is 6.92 Å². The number of aromatic nitrogens is 2. The van der Waals surface area contributed by atoms with Gasteiger partial charge in [-0.05, 0) is 49.4 Å². The van der Waals surface area contributed by atoms with Crippen molar-refractivity contribution in [2.75, 3.05) is 24.9 Å². The number of esters is 1. The molecule has 3 aromatic rings. The summed E-state index contributed by atoms with van der Waals surface area (Å²) >= 11 is 6.16. The molecular formula is C20H19ClN4O3. The van der Waals surface area contributed by atoms with Crippen LogP contribution in [0.25, 0.3) is 0 Å². The van der Waals surface area contributed by atoms with Gasteiger partial charge in [0.1, 0.15) is 11.6 Å². The van der Waals surface area contributed by atoms with E-state index in [1.54, 1.807) is 43.5 Å². The van der Waals surface area contributed by atoms with Gasteiger partial charge in [0.15, 0.2) is 0 Å². The number of ether oxygens (including phenoxy) is 2. The second-order valence-electron chi connectivity index (χ2n) is 5.89. The van der Waals surface area contributed by atoms with Gasteiger partial charge >= 0.3 is 5.97 Å². The number of hydrogen-bond donors (Lipinski definition) is 2. The van der Waals surface area contributed by atoms with Crippen molar-refractivity contribution in [2.24, 2.45) is 0 Å². The van der Waals surface area contributed by atoms with Crippen LogP contribution >= 0.6 is 11.6 Å². The smallest absolute Gasteiger partial charge is 0.337 e. The Kier molecular flexibility index (Phi) is 5.96. The molecule has 7 nitrogen and oxygen atoms in total. The van der Waals surface area contributed by atoms with Crippen molar-refractivity contribution in [3.05, 3.63) is 64.8 Å². The molecule has 8 heteroatoms. The molecule has 1 heterocycles. The molecule has 2 aromatic carbocycles. The number of hydrogen-bond acceptors (Lipinski definition) is 7. The Labute approximate surface area is 167 Å². The van der Waals surface area contributed by atoms with Gasteiger partial charge in [-0.15, -0.1) is 0 Å². The number of carbonyl (C=O) groups is 1. The first kappa shape index (κ1) is 19.4. The summed E-state index contributed by atoms with van der Waals surface area (Å²) in [5, 5.41) is 6.82. The average molecular weight is 399 g/mol. The Morgan fingerprint density at radius 1 is 0.964 bits per heavy atom. The molecule has 0 unspecified atom stereocenters. The highest BCUT2D eigenvalue weighted by atomic mass is 35.5. The number of anilines is 4. The summed E-state index contributed by atoms with van der Waals surface area (Å²) < 4.78 is 9.86. The van der Waals surface area contributed by atoms with E-state index in [0.29, 0.717) is 28.1 Å². The molecule has 0 aliphatic carbocycles. The fraction of sp³-hybridized carbons (Fsp3) is 0.150. The molecule has 0 atom stereocenters. The number of benzene rings is 2. The highest BCUT2D eigenvalue weighted by Crippen LogP contribution is 2.28. The van der Waals surface area contributed by atoms with E-state index in [4.69, 9.17) is 21.1 Å². The lowest BCUT2D eigenvalue weighted by molar-refractivity contribution is 0.0601. The molecule has 0 spiro atoms. The number of aryl methyl sites for hydroxylation is 1. The first-order valence-corrected chi connectivity index (χ1v) is 8.78. The van der Waals surface area contributed by atoms with E-state index in [1.165, 1.54) is 7.11 Å². The number of methoxy groups -OCH3 is 2. The van der Waals surface area contributed by atoms with Crippen LogP contribution in [0.5, 0.6) is 5.75 Å². The predicted molar refractivity (Wildman–Crippen MR) is 109 cm³/mol. The number of nitrogens with one attached hydrogen (secondary N) is 2. The summed E-state index contributed by atoms with van der Waals surface area (Å²) in [6, 6.07) is 14.1. The van der Waals surface area contributed by atoms with Gasteiger partial charge in [-0.2, -0.15) is 4.98 Å². The van der Waals surface area contributed by atoms with Crippen molar-refractivity contribution in [3.63, 3.8) is 0 Å². The maximum atomic E-state index is 11.5. The van der Waals surface area contributed by atoms with Crippen LogP contribution in [0.4, 0.5) is 23.1 Å². The second kappa shape index (κ2) is 8.58. The Bertz CT molecular complexity index is 993. The van der Waals surface area contributed by atoms with Gasteiger partial charge in [0.05, 0.1) is 24.8 Å². The third-order valence-corrected chi connectivity index (χ3v) is 4.14. The molecule has 0 saturated carbocycles. The zero-order valence-corrected chi connectivity index (χ0v) is 16.4. The van der Waals surface area contributed by atoms with E-state index in [9.17, 15) is 4.79 Å². The van der Waals surface area contributed by atoms with Crippen LogP contribution < -0.4 is 15.4 Å². The molecule has 0 bridgehead atoms. The van der Waals surface area contributed by atoms with Crippen LogP contribution in [-0.4, -0.2) is 30.2 Å². The number of carbonyl (C=O) groups excluding carboxylic acids is 1. The lowest BCUT2D eigenvalue weighted by Crippen LogP contribution is -2.03. The van der Waals surface area contributed by atoms with Gasteiger partial charge in [-0.1, -0.05) is 11.6 Å². The van der Waals surface area contributed by atoms with Gasteiger partial charge in [-0.25, -0.2) is 9.78 Å². The van der Waals surface area contributed by atoms with E-state index in [0.717, 1.165) is 17.1 Å². The first-order chi connectivity index (χ1) is 13.5. The van der Waals surface area contributed by atoms with Gasteiger partial charge in [0.25, 0.3) is 0 Å². The minimum atomic E-state index is -0.380. The number of halogens is 1. The molecule has 2 N–H and O–H groups in total. The third-order valence-electron chi connectivity index (χ3n) is 3.84. The lowest BCUT2D eigenvalue weighted by Gasteiger charge is -2.11.